The lowest BCUT2D eigenvalue weighted by molar-refractivity contribution is 0.177. The summed E-state index contributed by atoms with van der Waals surface area (Å²) in [6.07, 6.45) is 4.70. The Morgan fingerprint density at radius 3 is 2.50 bits per heavy atom. The van der Waals surface area contributed by atoms with E-state index in [0.717, 1.165) is 6.42 Å². The highest BCUT2D eigenvalue weighted by Crippen LogP contribution is 2.13. The van der Waals surface area contributed by atoms with E-state index in [1.165, 1.54) is 32.4 Å². The van der Waals surface area contributed by atoms with E-state index in [-0.39, 0.29) is 0 Å². The quantitative estimate of drug-likeness (QED) is 0.492. The number of nitrogens with one attached hydrogen (secondary N) is 1. The molecule has 1 heterocycles. The highest BCUT2D eigenvalue weighted by atomic mass is 15.2. The van der Waals surface area contributed by atoms with Gasteiger partial charge < -0.3 is 10.6 Å². The molecule has 0 aromatic heterocycles. The summed E-state index contributed by atoms with van der Waals surface area (Å²) in [5.41, 5.74) is 5.36. The maximum Gasteiger partial charge on any atom is 0.0920 e. The van der Waals surface area contributed by atoms with Crippen LogP contribution in [0.2, 0.25) is 0 Å². The minimum Gasteiger partial charge on any atom is -0.388 e. The summed E-state index contributed by atoms with van der Waals surface area (Å²) < 4.78 is 0. The van der Waals surface area contributed by atoms with Gasteiger partial charge in [0.05, 0.1) is 5.84 Å². The second-order valence-corrected chi connectivity index (χ2v) is 3.68. The molecule has 0 bridgehead atoms. The van der Waals surface area contributed by atoms with E-state index in [0.29, 0.717) is 11.9 Å². The molecule has 1 aliphatic heterocycles. The number of hydrogen-bond acceptors (Lipinski definition) is 2. The van der Waals surface area contributed by atoms with Gasteiger partial charge in [-0.05, 0) is 32.9 Å². The third-order valence-electron chi connectivity index (χ3n) is 2.53. The van der Waals surface area contributed by atoms with Crippen LogP contribution >= 0.6 is 0 Å². The van der Waals surface area contributed by atoms with Crippen molar-refractivity contribution in [3.63, 3.8) is 0 Å². The Morgan fingerprint density at radius 2 is 2.00 bits per heavy atom. The molecule has 3 N–H and O–H groups in total. The Labute approximate surface area is 74.4 Å². The Morgan fingerprint density at radius 1 is 1.42 bits per heavy atom. The molecule has 12 heavy (non-hydrogen) atoms. The van der Waals surface area contributed by atoms with Crippen LogP contribution in [0.3, 0.4) is 0 Å². The number of nitrogens with zero attached hydrogens (tertiary/aromatic N) is 1. The second kappa shape index (κ2) is 4.45. The van der Waals surface area contributed by atoms with Crippen LogP contribution in [0.25, 0.3) is 0 Å². The van der Waals surface area contributed by atoms with Crippen LogP contribution in [0.5, 0.6) is 0 Å². The molecule has 1 atom stereocenters. The highest BCUT2D eigenvalue weighted by molar-refractivity contribution is 5.77. The SMILES string of the molecule is CC(CC(=N)N)N1CCCCC1. The van der Waals surface area contributed by atoms with Crippen LogP contribution < -0.4 is 5.73 Å². The molecular weight excluding hydrogens is 150 g/mol. The fourth-order valence-corrected chi connectivity index (χ4v) is 1.81. The van der Waals surface area contributed by atoms with Crippen molar-refractivity contribution in [2.24, 2.45) is 5.73 Å². The van der Waals surface area contributed by atoms with Crippen molar-refractivity contribution in [1.29, 1.82) is 5.41 Å². The Hall–Kier alpha value is -0.570. The number of hydrogen-bond donors (Lipinski definition) is 2. The van der Waals surface area contributed by atoms with Crippen LogP contribution in [-0.4, -0.2) is 29.9 Å². The lowest BCUT2D eigenvalue weighted by atomic mass is 10.1. The van der Waals surface area contributed by atoms with Crippen LogP contribution in [0.1, 0.15) is 32.6 Å². The van der Waals surface area contributed by atoms with Crippen molar-refractivity contribution in [3.8, 4) is 0 Å². The van der Waals surface area contributed by atoms with Crippen molar-refractivity contribution >= 4 is 5.84 Å². The van der Waals surface area contributed by atoms with Gasteiger partial charge in [0.25, 0.3) is 0 Å². The van der Waals surface area contributed by atoms with Crippen molar-refractivity contribution in [2.75, 3.05) is 13.1 Å². The molecule has 1 aliphatic rings. The van der Waals surface area contributed by atoms with Crippen molar-refractivity contribution < 1.29 is 0 Å². The monoisotopic (exact) mass is 169 g/mol. The van der Waals surface area contributed by atoms with Crippen LogP contribution in [-0.2, 0) is 0 Å². The molecule has 0 aromatic rings. The largest absolute Gasteiger partial charge is 0.388 e. The zero-order valence-electron chi connectivity index (χ0n) is 7.84. The lowest BCUT2D eigenvalue weighted by Crippen LogP contribution is -2.39. The Balaban J connectivity index is 2.29. The van der Waals surface area contributed by atoms with Crippen molar-refractivity contribution in [3.05, 3.63) is 0 Å². The van der Waals surface area contributed by atoms with Crippen LogP contribution in [0.4, 0.5) is 0 Å². The number of amidine groups is 1. The van der Waals surface area contributed by atoms with Gasteiger partial charge in [-0.2, -0.15) is 0 Å². The molecule has 0 amide bonds. The van der Waals surface area contributed by atoms with Gasteiger partial charge in [0.2, 0.25) is 0 Å². The molecule has 70 valence electrons. The van der Waals surface area contributed by atoms with E-state index in [4.69, 9.17) is 11.1 Å². The van der Waals surface area contributed by atoms with Gasteiger partial charge in [-0.15, -0.1) is 0 Å². The molecule has 0 saturated carbocycles. The third-order valence-corrected chi connectivity index (χ3v) is 2.53. The molecule has 3 heteroatoms. The van der Waals surface area contributed by atoms with Crippen molar-refractivity contribution in [2.45, 2.75) is 38.6 Å². The fourth-order valence-electron chi connectivity index (χ4n) is 1.81. The van der Waals surface area contributed by atoms with E-state index in [1.54, 1.807) is 0 Å². The van der Waals surface area contributed by atoms with E-state index in [9.17, 15) is 0 Å². The van der Waals surface area contributed by atoms with Crippen LogP contribution in [0, 0.1) is 5.41 Å². The minimum absolute atomic E-state index is 0.313. The predicted molar refractivity (Wildman–Crippen MR) is 51.4 cm³/mol. The first kappa shape index (κ1) is 9.52. The first-order chi connectivity index (χ1) is 5.70. The predicted octanol–water partition coefficient (Wildman–Crippen LogP) is 1.19. The van der Waals surface area contributed by atoms with Gasteiger partial charge in [-0.25, -0.2) is 0 Å². The summed E-state index contributed by atoms with van der Waals surface area (Å²) in [4.78, 5) is 2.44. The highest BCUT2D eigenvalue weighted by Gasteiger charge is 2.16. The van der Waals surface area contributed by atoms with Gasteiger partial charge in [-0.3, -0.25) is 5.41 Å². The number of rotatable bonds is 3. The second-order valence-electron chi connectivity index (χ2n) is 3.68. The molecular formula is C9H19N3. The number of piperidine rings is 1. The summed E-state index contributed by atoms with van der Waals surface area (Å²) in [5, 5.41) is 7.19. The minimum atomic E-state index is 0.313. The molecule has 1 rings (SSSR count). The van der Waals surface area contributed by atoms with Crippen LogP contribution in [0.15, 0.2) is 0 Å². The van der Waals surface area contributed by atoms with Crippen molar-refractivity contribution in [1.82, 2.24) is 4.90 Å². The Kier molecular flexibility index (Phi) is 3.53. The first-order valence-corrected chi connectivity index (χ1v) is 4.77. The maximum atomic E-state index is 7.19. The summed E-state index contributed by atoms with van der Waals surface area (Å²) in [7, 11) is 0. The zero-order valence-corrected chi connectivity index (χ0v) is 7.84. The van der Waals surface area contributed by atoms with Gasteiger partial charge in [-0.1, -0.05) is 6.42 Å². The molecule has 1 unspecified atom stereocenters. The van der Waals surface area contributed by atoms with Gasteiger partial charge >= 0.3 is 0 Å². The normalized spacial score (nSPS) is 22.1. The molecule has 3 nitrogen and oxygen atoms in total. The number of likely N-dealkylation sites (tertiary alicyclic amines) is 1. The average Bonchev–Trinajstić information content (AvgIpc) is 2.05. The van der Waals surface area contributed by atoms with E-state index in [1.807, 2.05) is 0 Å². The van der Waals surface area contributed by atoms with E-state index in [2.05, 4.69) is 11.8 Å². The third kappa shape index (κ3) is 2.81. The Bertz CT molecular complexity index is 150. The summed E-state index contributed by atoms with van der Waals surface area (Å²) >= 11 is 0. The molecule has 0 aliphatic carbocycles. The first-order valence-electron chi connectivity index (χ1n) is 4.77. The summed E-state index contributed by atoms with van der Waals surface area (Å²) in [6.45, 7) is 4.54. The molecule has 0 aromatic carbocycles. The number of nitrogens with two attached hydrogens (primary N) is 1. The van der Waals surface area contributed by atoms with Gasteiger partial charge in [0, 0.05) is 12.5 Å². The zero-order chi connectivity index (χ0) is 8.97. The standard InChI is InChI=1S/C9H19N3/c1-8(7-9(10)11)12-5-3-2-4-6-12/h8H,2-7H2,1H3,(H3,10,11). The summed E-state index contributed by atoms with van der Waals surface area (Å²) in [5.74, 6) is 0.313. The van der Waals surface area contributed by atoms with E-state index < -0.39 is 0 Å². The molecule has 1 fully saturated rings. The smallest absolute Gasteiger partial charge is 0.0920 e. The maximum absolute atomic E-state index is 7.19. The molecule has 1 saturated heterocycles. The fraction of sp³-hybridized carbons (Fsp3) is 0.889. The lowest BCUT2D eigenvalue weighted by Gasteiger charge is -2.31. The summed E-state index contributed by atoms with van der Waals surface area (Å²) in [6, 6.07) is 0.461. The van der Waals surface area contributed by atoms with E-state index >= 15 is 0 Å². The average molecular weight is 169 g/mol. The van der Waals surface area contributed by atoms with Gasteiger partial charge in [0.15, 0.2) is 0 Å². The molecule has 0 spiro atoms. The topological polar surface area (TPSA) is 53.1 Å². The van der Waals surface area contributed by atoms with Gasteiger partial charge in [0.1, 0.15) is 0 Å². The molecule has 0 radical (unpaired) electrons.